The van der Waals surface area contributed by atoms with Crippen LogP contribution in [0.25, 0.3) is 0 Å². The maximum Gasteiger partial charge on any atom is 0.402 e. The lowest BCUT2D eigenvalue weighted by Crippen LogP contribution is -2.03. The van der Waals surface area contributed by atoms with Crippen LogP contribution in [0.2, 0.25) is 0 Å². The number of rotatable bonds is 0. The topological polar surface area (TPSA) is 83.6 Å². The summed E-state index contributed by atoms with van der Waals surface area (Å²) in [4.78, 5) is 15.9. The first kappa shape index (κ1) is 9.07. The van der Waals surface area contributed by atoms with Gasteiger partial charge in [-0.1, -0.05) is 0 Å². The Hall–Kier alpha value is -0.553. The fraction of sp³-hybridized carbons (Fsp3) is 0. The van der Waals surface area contributed by atoms with E-state index < -0.39 is 6.09 Å². The largest absolute Gasteiger partial charge is 0.465 e. The van der Waals surface area contributed by atoms with Gasteiger partial charge in [0.2, 0.25) is 0 Å². The van der Waals surface area contributed by atoms with E-state index in [0.29, 0.717) is 10.5 Å². The van der Waals surface area contributed by atoms with Crippen LogP contribution in [0, 0.1) is 0 Å². The summed E-state index contributed by atoms with van der Waals surface area (Å²) in [5, 5.41) is 7.19. The fourth-order valence-corrected chi connectivity index (χ4v) is 0. The molecule has 0 atom stereocenters. The molecule has 0 saturated carbocycles. The molecule has 1 amide bonds. The van der Waals surface area contributed by atoms with Gasteiger partial charge in [-0.2, -0.15) is 0 Å². The van der Waals surface area contributed by atoms with Crippen LogP contribution in [-0.4, -0.2) is 26.5 Å². The van der Waals surface area contributed by atoms with Gasteiger partial charge >= 0.3 is 6.09 Å². The van der Waals surface area contributed by atoms with Crippen molar-refractivity contribution in [3.8, 4) is 0 Å². The summed E-state index contributed by atoms with van der Waals surface area (Å²) in [6.07, 6.45) is -1.33. The minimum absolute atomic E-state index is 0.306. The van der Waals surface area contributed by atoms with Crippen molar-refractivity contribution in [3.05, 3.63) is 0 Å². The van der Waals surface area contributed by atoms with Crippen molar-refractivity contribution in [1.82, 2.24) is 0 Å². The van der Waals surface area contributed by atoms with E-state index in [1.165, 1.54) is 0 Å². The predicted octanol–water partition coefficient (Wildman–Crippen LogP) is -2.12. The number of hydrogen-bond donors (Lipinski definition) is 3. The number of amides is 1. The lowest BCUT2D eigenvalue weighted by Gasteiger charge is -1.61. The van der Waals surface area contributed by atoms with Crippen molar-refractivity contribution in [2.45, 2.75) is 0 Å². The molecule has 0 spiro atoms. The van der Waals surface area contributed by atoms with E-state index >= 15 is 0 Å². The van der Waals surface area contributed by atoms with Crippen molar-refractivity contribution < 1.29 is 14.7 Å². The van der Waals surface area contributed by atoms with E-state index in [1.807, 2.05) is 0 Å². The van der Waals surface area contributed by atoms with Gasteiger partial charge in [0.1, 0.15) is 10.5 Å². The van der Waals surface area contributed by atoms with Crippen molar-refractivity contribution in [2.24, 2.45) is 5.73 Å². The van der Waals surface area contributed by atoms with E-state index in [4.69, 9.17) is 14.7 Å². The Labute approximate surface area is 38.1 Å². The molecule has 0 fully saturated rings. The molecular weight excluding hydrogens is 102 g/mol. The van der Waals surface area contributed by atoms with Crippen LogP contribution in [-0.2, 0) is 0 Å². The summed E-state index contributed by atoms with van der Waals surface area (Å²) in [7, 11) is 0.306. The molecule has 0 radical (unpaired) electrons. The molecule has 38 valence electrons. The third kappa shape index (κ3) is 67.5. The Morgan fingerprint density at radius 3 is 1.67 bits per heavy atom. The van der Waals surface area contributed by atoms with Gasteiger partial charge in [-0.3, -0.25) is 0 Å². The first-order valence-electron chi connectivity index (χ1n) is 1.16. The summed E-state index contributed by atoms with van der Waals surface area (Å²) in [5.74, 6) is 0. The Balaban J connectivity index is 0. The minimum Gasteiger partial charge on any atom is -0.465 e. The lowest BCUT2D eigenvalue weighted by atomic mass is 11.3. The molecule has 0 aromatic heterocycles. The van der Waals surface area contributed by atoms with E-state index in [0.717, 1.165) is 0 Å². The maximum absolute atomic E-state index is 8.78. The van der Waals surface area contributed by atoms with Gasteiger partial charge < -0.3 is 15.6 Å². The van der Waals surface area contributed by atoms with Crippen LogP contribution in [0.15, 0.2) is 0 Å². The van der Waals surface area contributed by atoms with Crippen LogP contribution in [0.3, 0.4) is 0 Å². The summed E-state index contributed by atoms with van der Waals surface area (Å²) in [6, 6.07) is 0. The smallest absolute Gasteiger partial charge is 0.402 e. The van der Waals surface area contributed by atoms with E-state index in [-0.39, 0.29) is 0 Å². The SMILES string of the molecule is NC(=O)O.O[SiH3]. The highest BCUT2D eigenvalue weighted by Gasteiger charge is 1.65. The molecule has 0 bridgehead atoms. The highest BCUT2D eigenvalue weighted by atomic mass is 28.2. The molecule has 0 aromatic carbocycles. The molecule has 0 aliphatic heterocycles. The number of hydrogen-bond acceptors (Lipinski definition) is 2. The Kier molecular flexibility index (Phi) is 13.3. The third-order valence-corrected chi connectivity index (χ3v) is 0. The highest BCUT2D eigenvalue weighted by Crippen LogP contribution is 1.34. The van der Waals surface area contributed by atoms with Gasteiger partial charge in [0.25, 0.3) is 0 Å². The summed E-state index contributed by atoms with van der Waals surface area (Å²) < 4.78 is 0. The molecular formula is CH7NO3Si. The average Bonchev–Trinajstić information content (AvgIpc) is 1.41. The monoisotopic (exact) mass is 109 g/mol. The molecule has 0 heterocycles. The van der Waals surface area contributed by atoms with Gasteiger partial charge in [0.15, 0.2) is 0 Å². The lowest BCUT2D eigenvalue weighted by molar-refractivity contribution is 0.205. The molecule has 0 saturated heterocycles. The summed E-state index contributed by atoms with van der Waals surface area (Å²) >= 11 is 0. The molecule has 0 aromatic rings. The van der Waals surface area contributed by atoms with Crippen molar-refractivity contribution >= 4 is 16.6 Å². The van der Waals surface area contributed by atoms with Crippen LogP contribution in [0.4, 0.5) is 4.79 Å². The third-order valence-electron chi connectivity index (χ3n) is 0. The number of nitrogens with two attached hydrogens (primary N) is 1. The van der Waals surface area contributed by atoms with Crippen molar-refractivity contribution in [2.75, 3.05) is 0 Å². The molecule has 4 N–H and O–H groups in total. The Morgan fingerprint density at radius 1 is 1.67 bits per heavy atom. The first-order valence-corrected chi connectivity index (χ1v) is 2.06. The zero-order chi connectivity index (χ0) is 5.58. The molecule has 4 nitrogen and oxygen atoms in total. The predicted molar refractivity (Wildman–Crippen MR) is 24.4 cm³/mol. The highest BCUT2D eigenvalue weighted by molar-refractivity contribution is 5.95. The number of primary amides is 1. The van der Waals surface area contributed by atoms with E-state index in [9.17, 15) is 0 Å². The maximum atomic E-state index is 8.78. The molecule has 0 aliphatic carbocycles. The zero-order valence-electron chi connectivity index (χ0n) is 3.38. The average molecular weight is 109 g/mol. The summed E-state index contributed by atoms with van der Waals surface area (Å²) in [6.45, 7) is 0. The van der Waals surface area contributed by atoms with Crippen molar-refractivity contribution in [3.63, 3.8) is 0 Å². The Bertz CT molecular complexity index is 33.8. The van der Waals surface area contributed by atoms with Crippen LogP contribution >= 0.6 is 0 Å². The van der Waals surface area contributed by atoms with Crippen LogP contribution in [0.5, 0.6) is 0 Å². The zero-order valence-corrected chi connectivity index (χ0v) is 5.38. The normalized spacial score (nSPS) is 5.50. The molecule has 6 heavy (non-hydrogen) atoms. The summed E-state index contributed by atoms with van der Waals surface area (Å²) in [5.41, 5.74) is 4.03. The van der Waals surface area contributed by atoms with Crippen molar-refractivity contribution in [1.29, 1.82) is 0 Å². The molecule has 5 heteroatoms. The quantitative estimate of drug-likeness (QED) is 0.311. The van der Waals surface area contributed by atoms with Crippen LogP contribution < -0.4 is 5.73 Å². The fourth-order valence-electron chi connectivity index (χ4n) is 0. The van der Waals surface area contributed by atoms with Crippen LogP contribution in [0.1, 0.15) is 0 Å². The van der Waals surface area contributed by atoms with E-state index in [1.54, 1.807) is 0 Å². The standard InChI is InChI=1S/CH3NO2.H4OSi/c2-1(3)4;1-2/h2H2,(H,3,4);1H,2H3. The minimum atomic E-state index is -1.33. The second kappa shape index (κ2) is 8.82. The number of carbonyl (C=O) groups is 1. The van der Waals surface area contributed by atoms with Gasteiger partial charge in [-0.25, -0.2) is 4.79 Å². The van der Waals surface area contributed by atoms with Gasteiger partial charge in [0.05, 0.1) is 0 Å². The van der Waals surface area contributed by atoms with Gasteiger partial charge in [0, 0.05) is 0 Å². The second-order valence-corrected chi connectivity index (χ2v) is 0.338. The molecule has 0 rings (SSSR count). The molecule has 0 aliphatic rings. The Morgan fingerprint density at radius 2 is 1.67 bits per heavy atom. The number of carboxylic acid groups (broad SMARTS) is 1. The van der Waals surface area contributed by atoms with E-state index in [2.05, 4.69) is 5.73 Å². The first-order chi connectivity index (χ1) is 2.73. The molecule has 0 unspecified atom stereocenters. The second-order valence-electron chi connectivity index (χ2n) is 0.338. The van der Waals surface area contributed by atoms with Gasteiger partial charge in [-0.05, 0) is 0 Å². The van der Waals surface area contributed by atoms with Gasteiger partial charge in [-0.15, -0.1) is 0 Å².